The van der Waals surface area contributed by atoms with E-state index in [1.165, 1.54) is 11.1 Å². The fraction of sp³-hybridized carbons (Fsp3) is 0.0385. The molecule has 144 valence electrons. The molecule has 3 aromatic carbocycles. The molecular formula is C26H18N2O2. The number of hydrogen-bond acceptors (Lipinski definition) is 3. The molecule has 4 aromatic rings. The summed E-state index contributed by atoms with van der Waals surface area (Å²) in [4.78, 5) is 32.5. The van der Waals surface area contributed by atoms with Gasteiger partial charge in [0.15, 0.2) is 0 Å². The Hall–Kier alpha value is -4.05. The minimum absolute atomic E-state index is 0.238. The Morgan fingerprint density at radius 1 is 0.633 bits per heavy atom. The van der Waals surface area contributed by atoms with Crippen LogP contribution in [-0.4, -0.2) is 21.7 Å². The molecule has 0 saturated carbocycles. The quantitative estimate of drug-likeness (QED) is 0.449. The fourth-order valence-corrected chi connectivity index (χ4v) is 3.88. The highest BCUT2D eigenvalue weighted by Crippen LogP contribution is 2.39. The van der Waals surface area contributed by atoms with Gasteiger partial charge in [-0.25, -0.2) is 0 Å². The Bertz CT molecular complexity index is 1240. The molecular weight excluding hydrogens is 372 g/mol. The number of fused-ring (bicyclic) bond motifs is 1. The second-order valence-corrected chi connectivity index (χ2v) is 7.18. The summed E-state index contributed by atoms with van der Waals surface area (Å²) in [5, 5.41) is 0. The Morgan fingerprint density at radius 2 is 1.20 bits per heavy atom. The Kier molecular flexibility index (Phi) is 4.45. The lowest BCUT2D eigenvalue weighted by Crippen LogP contribution is -2.29. The minimum Gasteiger partial charge on any atom is -0.270 e. The van der Waals surface area contributed by atoms with E-state index in [1.54, 1.807) is 0 Å². The van der Waals surface area contributed by atoms with Crippen LogP contribution in [0.3, 0.4) is 0 Å². The third-order valence-corrected chi connectivity index (χ3v) is 5.31. The SMILES string of the molecule is O=C1c2cnc(-c3ccccc3)c(-c3ccccc3)c2C(=O)N1Cc1ccccc1. The van der Waals surface area contributed by atoms with Crippen molar-refractivity contribution < 1.29 is 9.59 Å². The van der Waals surface area contributed by atoms with E-state index >= 15 is 0 Å². The first-order chi connectivity index (χ1) is 14.7. The van der Waals surface area contributed by atoms with Crippen LogP contribution >= 0.6 is 0 Å². The summed E-state index contributed by atoms with van der Waals surface area (Å²) in [5.41, 5.74) is 4.86. The van der Waals surface area contributed by atoms with E-state index in [9.17, 15) is 9.59 Å². The van der Waals surface area contributed by atoms with E-state index in [1.807, 2.05) is 91.0 Å². The maximum absolute atomic E-state index is 13.5. The van der Waals surface area contributed by atoms with Crippen molar-refractivity contribution >= 4 is 11.8 Å². The highest BCUT2D eigenvalue weighted by atomic mass is 16.2. The zero-order valence-electron chi connectivity index (χ0n) is 16.2. The number of rotatable bonds is 4. The molecule has 1 aliphatic heterocycles. The zero-order valence-corrected chi connectivity index (χ0v) is 16.2. The van der Waals surface area contributed by atoms with Crippen molar-refractivity contribution in [1.82, 2.24) is 9.88 Å². The molecule has 2 amide bonds. The van der Waals surface area contributed by atoms with Gasteiger partial charge in [0, 0.05) is 17.3 Å². The van der Waals surface area contributed by atoms with Gasteiger partial charge in [0.05, 0.1) is 23.4 Å². The normalized spacial score (nSPS) is 12.9. The number of nitrogens with zero attached hydrogens (tertiary/aromatic N) is 2. The van der Waals surface area contributed by atoms with Gasteiger partial charge in [-0.3, -0.25) is 19.5 Å². The largest absolute Gasteiger partial charge is 0.270 e. The van der Waals surface area contributed by atoms with Crippen molar-refractivity contribution in [3.05, 3.63) is 114 Å². The van der Waals surface area contributed by atoms with Gasteiger partial charge in [-0.05, 0) is 11.1 Å². The van der Waals surface area contributed by atoms with Crippen molar-refractivity contribution in [2.24, 2.45) is 0 Å². The van der Waals surface area contributed by atoms with Crippen LogP contribution in [0.15, 0.2) is 97.2 Å². The van der Waals surface area contributed by atoms with E-state index in [-0.39, 0.29) is 18.4 Å². The smallest absolute Gasteiger partial charge is 0.263 e. The molecule has 1 aromatic heterocycles. The molecule has 5 rings (SSSR count). The van der Waals surface area contributed by atoms with Gasteiger partial charge in [0.2, 0.25) is 0 Å². The predicted octanol–water partition coefficient (Wildman–Crippen LogP) is 5.21. The van der Waals surface area contributed by atoms with Crippen molar-refractivity contribution in [3.8, 4) is 22.4 Å². The van der Waals surface area contributed by atoms with Crippen LogP contribution in [0.4, 0.5) is 0 Å². The molecule has 30 heavy (non-hydrogen) atoms. The molecule has 0 N–H and O–H groups in total. The third kappa shape index (κ3) is 2.99. The van der Waals surface area contributed by atoms with Crippen molar-refractivity contribution in [2.45, 2.75) is 6.54 Å². The van der Waals surface area contributed by atoms with Crippen LogP contribution in [0.25, 0.3) is 22.4 Å². The third-order valence-electron chi connectivity index (χ3n) is 5.31. The molecule has 4 heteroatoms. The molecule has 2 heterocycles. The molecule has 0 unspecified atom stereocenters. The second-order valence-electron chi connectivity index (χ2n) is 7.18. The standard InChI is InChI=1S/C26H18N2O2/c29-25-21-16-27-24(20-14-8-3-9-15-20)22(19-12-6-2-7-13-19)23(21)26(30)28(25)17-18-10-4-1-5-11-18/h1-16H,17H2. The Labute approximate surface area is 174 Å². The lowest BCUT2D eigenvalue weighted by molar-refractivity contribution is 0.0642. The average Bonchev–Trinajstić information content (AvgIpc) is 3.05. The maximum Gasteiger partial charge on any atom is 0.263 e. The van der Waals surface area contributed by atoms with Gasteiger partial charge >= 0.3 is 0 Å². The zero-order chi connectivity index (χ0) is 20.5. The van der Waals surface area contributed by atoms with E-state index in [2.05, 4.69) is 4.98 Å². The highest BCUT2D eigenvalue weighted by Gasteiger charge is 2.39. The van der Waals surface area contributed by atoms with Crippen LogP contribution in [-0.2, 0) is 6.54 Å². The van der Waals surface area contributed by atoms with E-state index in [0.717, 1.165) is 16.7 Å². The number of imide groups is 1. The van der Waals surface area contributed by atoms with Gasteiger partial charge in [-0.15, -0.1) is 0 Å². The van der Waals surface area contributed by atoms with Gasteiger partial charge < -0.3 is 0 Å². The Morgan fingerprint density at radius 3 is 1.83 bits per heavy atom. The molecule has 0 radical (unpaired) electrons. The number of amides is 2. The minimum atomic E-state index is -0.303. The monoisotopic (exact) mass is 390 g/mol. The molecule has 0 aliphatic carbocycles. The number of pyridine rings is 1. The van der Waals surface area contributed by atoms with E-state index in [4.69, 9.17) is 0 Å². The molecule has 0 atom stereocenters. The van der Waals surface area contributed by atoms with Gasteiger partial charge in [0.25, 0.3) is 11.8 Å². The van der Waals surface area contributed by atoms with Gasteiger partial charge in [0.1, 0.15) is 0 Å². The first-order valence-electron chi connectivity index (χ1n) is 9.78. The van der Waals surface area contributed by atoms with Gasteiger partial charge in [-0.1, -0.05) is 91.0 Å². The first kappa shape index (κ1) is 18.0. The summed E-state index contributed by atoms with van der Waals surface area (Å²) in [6.45, 7) is 0.238. The number of hydrogen-bond donors (Lipinski definition) is 0. The maximum atomic E-state index is 13.5. The lowest BCUT2D eigenvalue weighted by atomic mass is 9.93. The molecule has 0 saturated heterocycles. The average molecular weight is 390 g/mol. The van der Waals surface area contributed by atoms with Crippen LogP contribution in [0.2, 0.25) is 0 Å². The van der Waals surface area contributed by atoms with Crippen molar-refractivity contribution in [1.29, 1.82) is 0 Å². The number of benzene rings is 3. The fourth-order valence-electron chi connectivity index (χ4n) is 3.88. The Balaban J connectivity index is 1.69. The number of aromatic nitrogens is 1. The summed E-state index contributed by atoms with van der Waals surface area (Å²) in [6.07, 6.45) is 1.54. The van der Waals surface area contributed by atoms with Crippen LogP contribution in [0, 0.1) is 0 Å². The highest BCUT2D eigenvalue weighted by molar-refractivity contribution is 6.24. The molecule has 0 bridgehead atoms. The van der Waals surface area contributed by atoms with E-state index in [0.29, 0.717) is 22.4 Å². The van der Waals surface area contributed by atoms with Crippen molar-refractivity contribution in [3.63, 3.8) is 0 Å². The van der Waals surface area contributed by atoms with Crippen LogP contribution < -0.4 is 0 Å². The predicted molar refractivity (Wildman–Crippen MR) is 116 cm³/mol. The molecule has 0 fully saturated rings. The summed E-state index contributed by atoms with van der Waals surface area (Å²) in [7, 11) is 0. The second kappa shape index (κ2) is 7.41. The molecule has 4 nitrogen and oxygen atoms in total. The van der Waals surface area contributed by atoms with Gasteiger partial charge in [-0.2, -0.15) is 0 Å². The summed E-state index contributed by atoms with van der Waals surface area (Å²) in [5.74, 6) is -0.583. The summed E-state index contributed by atoms with van der Waals surface area (Å²) < 4.78 is 0. The molecule has 1 aliphatic rings. The van der Waals surface area contributed by atoms with Crippen LogP contribution in [0.1, 0.15) is 26.3 Å². The number of carbonyl (C=O) groups is 2. The molecule has 0 spiro atoms. The van der Waals surface area contributed by atoms with Crippen molar-refractivity contribution in [2.75, 3.05) is 0 Å². The number of carbonyl (C=O) groups excluding carboxylic acids is 2. The lowest BCUT2D eigenvalue weighted by Gasteiger charge is -2.15. The topological polar surface area (TPSA) is 50.3 Å². The first-order valence-corrected chi connectivity index (χ1v) is 9.78. The summed E-state index contributed by atoms with van der Waals surface area (Å²) in [6, 6.07) is 28.9. The summed E-state index contributed by atoms with van der Waals surface area (Å²) >= 11 is 0. The van der Waals surface area contributed by atoms with E-state index < -0.39 is 0 Å². The van der Waals surface area contributed by atoms with Crippen LogP contribution in [0.5, 0.6) is 0 Å².